The number of carbonyl (C=O) groups is 1. The van der Waals surface area contributed by atoms with E-state index in [0.29, 0.717) is 12.2 Å². The first-order chi connectivity index (χ1) is 8.26. The predicted octanol–water partition coefficient (Wildman–Crippen LogP) is 1.54. The molecule has 5 nitrogen and oxygen atoms in total. The van der Waals surface area contributed by atoms with Crippen molar-refractivity contribution in [2.75, 3.05) is 24.2 Å². The van der Waals surface area contributed by atoms with E-state index in [-0.39, 0.29) is 17.7 Å². The van der Waals surface area contributed by atoms with Gasteiger partial charge in [0.25, 0.3) is 0 Å². The second kappa shape index (κ2) is 5.22. The molecule has 0 saturated heterocycles. The Morgan fingerprint density at radius 3 is 2.61 bits per heavy atom. The molecule has 0 aromatic heterocycles. The molecule has 5 N–H and O–H groups in total. The third-order valence-electron chi connectivity index (χ3n) is 2.56. The Hall–Kier alpha value is -1.82. The Balaban J connectivity index is 2.92. The standard InChI is InChI=1S/C12H17FN2O3/c1-12(2,6-16)5-15-10-4-8(13)7(11(17)18)3-9(10)14/h3-4,15-16H,5-6,14H2,1-2H3,(H,17,18). The van der Waals surface area contributed by atoms with Crippen molar-refractivity contribution >= 4 is 17.3 Å². The first kappa shape index (κ1) is 14.2. The van der Waals surface area contributed by atoms with Crippen LogP contribution >= 0.6 is 0 Å². The van der Waals surface area contributed by atoms with Crippen molar-refractivity contribution in [3.8, 4) is 0 Å². The molecule has 0 aliphatic rings. The number of aliphatic hydroxyl groups is 1. The van der Waals surface area contributed by atoms with Crippen molar-refractivity contribution in [2.45, 2.75) is 13.8 Å². The summed E-state index contributed by atoms with van der Waals surface area (Å²) in [5.41, 5.74) is 5.28. The average Bonchev–Trinajstić information content (AvgIpc) is 2.29. The number of carboxylic acid groups (broad SMARTS) is 1. The molecule has 0 fully saturated rings. The van der Waals surface area contributed by atoms with Crippen molar-refractivity contribution in [2.24, 2.45) is 5.41 Å². The summed E-state index contributed by atoms with van der Waals surface area (Å²) in [7, 11) is 0. The maximum atomic E-state index is 13.5. The summed E-state index contributed by atoms with van der Waals surface area (Å²) in [5.74, 6) is -2.21. The van der Waals surface area contributed by atoms with Gasteiger partial charge in [-0.15, -0.1) is 0 Å². The van der Waals surface area contributed by atoms with Crippen LogP contribution < -0.4 is 11.1 Å². The van der Waals surface area contributed by atoms with Crippen LogP contribution in [0.15, 0.2) is 12.1 Å². The molecule has 0 radical (unpaired) electrons. The second-order valence-electron chi connectivity index (χ2n) is 4.90. The lowest BCUT2D eigenvalue weighted by molar-refractivity contribution is 0.0692. The molecule has 18 heavy (non-hydrogen) atoms. The van der Waals surface area contributed by atoms with Crippen molar-refractivity contribution in [3.05, 3.63) is 23.5 Å². The van der Waals surface area contributed by atoms with Gasteiger partial charge in [-0.1, -0.05) is 13.8 Å². The number of hydrogen-bond acceptors (Lipinski definition) is 4. The number of aromatic carboxylic acids is 1. The monoisotopic (exact) mass is 256 g/mol. The fourth-order valence-corrected chi connectivity index (χ4v) is 1.30. The minimum absolute atomic E-state index is 0.0321. The van der Waals surface area contributed by atoms with E-state index < -0.39 is 17.3 Å². The lowest BCUT2D eigenvalue weighted by atomic mass is 9.95. The molecular weight excluding hydrogens is 239 g/mol. The largest absolute Gasteiger partial charge is 0.478 e. The van der Waals surface area contributed by atoms with Crippen LogP contribution in [-0.2, 0) is 0 Å². The van der Waals surface area contributed by atoms with E-state index >= 15 is 0 Å². The van der Waals surface area contributed by atoms with Gasteiger partial charge in [-0.3, -0.25) is 0 Å². The first-order valence-electron chi connectivity index (χ1n) is 5.44. The highest BCUT2D eigenvalue weighted by molar-refractivity contribution is 5.90. The van der Waals surface area contributed by atoms with Gasteiger partial charge < -0.3 is 21.3 Å². The van der Waals surface area contributed by atoms with Crippen molar-refractivity contribution < 1.29 is 19.4 Å². The smallest absolute Gasteiger partial charge is 0.338 e. The van der Waals surface area contributed by atoms with Gasteiger partial charge in [0, 0.05) is 18.6 Å². The summed E-state index contributed by atoms with van der Waals surface area (Å²) < 4.78 is 13.5. The zero-order valence-electron chi connectivity index (χ0n) is 10.3. The molecule has 100 valence electrons. The lowest BCUT2D eigenvalue weighted by Gasteiger charge is -2.23. The topological polar surface area (TPSA) is 95.6 Å². The van der Waals surface area contributed by atoms with E-state index in [9.17, 15) is 9.18 Å². The van der Waals surface area contributed by atoms with E-state index in [2.05, 4.69) is 5.32 Å². The maximum Gasteiger partial charge on any atom is 0.338 e. The van der Waals surface area contributed by atoms with Crippen LogP contribution in [0.2, 0.25) is 0 Å². The summed E-state index contributed by atoms with van der Waals surface area (Å²) in [6.45, 7) is 4.02. The van der Waals surface area contributed by atoms with Gasteiger partial charge in [0.15, 0.2) is 0 Å². The SMILES string of the molecule is CC(C)(CO)CNc1cc(F)c(C(=O)O)cc1N. The van der Waals surface area contributed by atoms with Crippen LogP contribution in [0.3, 0.4) is 0 Å². The molecule has 0 saturated carbocycles. The third kappa shape index (κ3) is 3.33. The Morgan fingerprint density at radius 2 is 2.11 bits per heavy atom. The van der Waals surface area contributed by atoms with Crippen LogP contribution in [0, 0.1) is 11.2 Å². The Kier molecular flexibility index (Phi) is 4.13. The highest BCUT2D eigenvalue weighted by atomic mass is 19.1. The first-order valence-corrected chi connectivity index (χ1v) is 5.44. The van der Waals surface area contributed by atoms with Crippen molar-refractivity contribution in [1.29, 1.82) is 0 Å². The number of anilines is 2. The molecule has 1 rings (SSSR count). The average molecular weight is 256 g/mol. The zero-order valence-corrected chi connectivity index (χ0v) is 10.3. The number of hydrogen-bond donors (Lipinski definition) is 4. The molecule has 0 unspecified atom stereocenters. The normalized spacial score (nSPS) is 11.3. The van der Waals surface area contributed by atoms with Crippen LogP contribution in [0.25, 0.3) is 0 Å². The molecule has 1 aromatic rings. The molecule has 0 aliphatic carbocycles. The molecule has 1 aromatic carbocycles. The molecule has 0 heterocycles. The molecule has 6 heteroatoms. The van der Waals surface area contributed by atoms with Crippen LogP contribution in [0.4, 0.5) is 15.8 Å². The molecule has 0 amide bonds. The minimum atomic E-state index is -1.36. The maximum absolute atomic E-state index is 13.5. The second-order valence-corrected chi connectivity index (χ2v) is 4.90. The molecule has 0 atom stereocenters. The number of carboxylic acids is 1. The van der Waals surface area contributed by atoms with Crippen molar-refractivity contribution in [3.63, 3.8) is 0 Å². The molecule has 0 bridgehead atoms. The summed E-state index contributed by atoms with van der Waals surface area (Å²) in [4.78, 5) is 10.7. The Morgan fingerprint density at radius 1 is 1.50 bits per heavy atom. The highest BCUT2D eigenvalue weighted by Gasteiger charge is 2.18. The van der Waals surface area contributed by atoms with Gasteiger partial charge >= 0.3 is 5.97 Å². The summed E-state index contributed by atoms with van der Waals surface area (Å²) in [6.07, 6.45) is 0. The van der Waals surface area contributed by atoms with Gasteiger partial charge in [0.1, 0.15) is 5.82 Å². The number of nitrogens with two attached hydrogens (primary N) is 1. The van der Waals surface area contributed by atoms with E-state index in [4.69, 9.17) is 15.9 Å². The minimum Gasteiger partial charge on any atom is -0.478 e. The van der Waals surface area contributed by atoms with E-state index in [0.717, 1.165) is 12.1 Å². The number of aliphatic hydroxyl groups excluding tert-OH is 1. The highest BCUT2D eigenvalue weighted by Crippen LogP contribution is 2.24. The lowest BCUT2D eigenvalue weighted by Crippen LogP contribution is -2.27. The third-order valence-corrected chi connectivity index (χ3v) is 2.56. The van der Waals surface area contributed by atoms with E-state index in [1.807, 2.05) is 13.8 Å². The number of halogens is 1. The fourth-order valence-electron chi connectivity index (χ4n) is 1.30. The Bertz CT molecular complexity index is 461. The van der Waals surface area contributed by atoms with Crippen LogP contribution in [-0.4, -0.2) is 29.3 Å². The van der Waals surface area contributed by atoms with Gasteiger partial charge in [-0.05, 0) is 12.1 Å². The molecule has 0 spiro atoms. The van der Waals surface area contributed by atoms with Gasteiger partial charge in [0.2, 0.25) is 0 Å². The predicted molar refractivity (Wildman–Crippen MR) is 67.1 cm³/mol. The summed E-state index contributed by atoms with van der Waals surface area (Å²) in [5, 5.41) is 20.7. The summed E-state index contributed by atoms with van der Waals surface area (Å²) in [6, 6.07) is 2.12. The van der Waals surface area contributed by atoms with Crippen LogP contribution in [0.5, 0.6) is 0 Å². The van der Waals surface area contributed by atoms with Crippen molar-refractivity contribution in [1.82, 2.24) is 0 Å². The Labute approximate surface area is 104 Å². The van der Waals surface area contributed by atoms with Gasteiger partial charge in [-0.2, -0.15) is 0 Å². The quantitative estimate of drug-likeness (QED) is 0.599. The van der Waals surface area contributed by atoms with Gasteiger partial charge in [0.05, 0.1) is 16.9 Å². The zero-order chi connectivity index (χ0) is 13.9. The number of nitrogen functional groups attached to an aromatic ring is 1. The van der Waals surface area contributed by atoms with Crippen LogP contribution in [0.1, 0.15) is 24.2 Å². The fraction of sp³-hybridized carbons (Fsp3) is 0.417. The van der Waals surface area contributed by atoms with Gasteiger partial charge in [-0.25, -0.2) is 9.18 Å². The summed E-state index contributed by atoms with van der Waals surface area (Å²) >= 11 is 0. The number of benzene rings is 1. The number of nitrogens with one attached hydrogen (secondary N) is 1. The van der Waals surface area contributed by atoms with E-state index in [1.165, 1.54) is 0 Å². The van der Waals surface area contributed by atoms with E-state index in [1.54, 1.807) is 0 Å². The molecule has 0 aliphatic heterocycles. The molecular formula is C12H17FN2O3. The number of rotatable bonds is 5.